The van der Waals surface area contributed by atoms with Crippen molar-refractivity contribution in [2.45, 2.75) is 26.7 Å². The monoisotopic (exact) mass is 327 g/mol. The number of hydrogen-bond donors (Lipinski definition) is 1. The Kier molecular flexibility index (Phi) is 6.61. The second-order valence-corrected chi connectivity index (χ2v) is 5.83. The zero-order chi connectivity index (χ0) is 17.4. The van der Waals surface area contributed by atoms with Crippen LogP contribution in [0, 0.1) is 6.92 Å². The number of aromatic nitrogens is 1. The summed E-state index contributed by atoms with van der Waals surface area (Å²) in [6.45, 7) is 5.12. The number of benzene rings is 1. The van der Waals surface area contributed by atoms with Gasteiger partial charge >= 0.3 is 0 Å². The van der Waals surface area contributed by atoms with Gasteiger partial charge in [-0.1, -0.05) is 31.0 Å². The van der Waals surface area contributed by atoms with Crippen molar-refractivity contribution in [3.8, 4) is 5.75 Å². The molecule has 1 aromatic heterocycles. The van der Waals surface area contributed by atoms with Crippen molar-refractivity contribution >= 4 is 17.4 Å². The maximum atomic E-state index is 11.9. The first kappa shape index (κ1) is 17.8. The summed E-state index contributed by atoms with van der Waals surface area (Å²) >= 11 is 0. The smallest absolute Gasteiger partial charge is 0.262 e. The number of pyridine rings is 1. The topological polar surface area (TPSA) is 54.5 Å². The molecule has 0 aliphatic heterocycles. The maximum absolute atomic E-state index is 11.9. The molecule has 2 aromatic rings. The van der Waals surface area contributed by atoms with Gasteiger partial charge in [0.2, 0.25) is 0 Å². The van der Waals surface area contributed by atoms with Gasteiger partial charge in [0.15, 0.2) is 6.61 Å². The number of carbonyl (C=O) groups is 1. The van der Waals surface area contributed by atoms with Gasteiger partial charge in [0.1, 0.15) is 11.6 Å². The minimum Gasteiger partial charge on any atom is -0.484 e. The van der Waals surface area contributed by atoms with E-state index in [1.54, 1.807) is 6.20 Å². The van der Waals surface area contributed by atoms with Gasteiger partial charge < -0.3 is 15.0 Å². The van der Waals surface area contributed by atoms with Crippen LogP contribution in [0.4, 0.5) is 11.5 Å². The van der Waals surface area contributed by atoms with Gasteiger partial charge in [0.25, 0.3) is 5.91 Å². The van der Waals surface area contributed by atoms with Crippen LogP contribution < -0.4 is 15.0 Å². The Balaban J connectivity index is 1.82. The minimum atomic E-state index is -0.204. The molecule has 0 radical (unpaired) electrons. The molecule has 24 heavy (non-hydrogen) atoms. The Morgan fingerprint density at radius 2 is 1.96 bits per heavy atom. The fourth-order valence-electron chi connectivity index (χ4n) is 2.18. The number of carbonyl (C=O) groups excluding carboxylic acids is 1. The number of ether oxygens (including phenoxy) is 1. The molecule has 5 heteroatoms. The molecule has 0 spiro atoms. The molecular formula is C19H25N3O2. The van der Waals surface area contributed by atoms with Crippen molar-refractivity contribution in [1.82, 2.24) is 4.98 Å². The van der Waals surface area contributed by atoms with Crippen molar-refractivity contribution in [2.75, 3.05) is 30.4 Å². The number of anilines is 2. The average Bonchev–Trinajstić information content (AvgIpc) is 2.60. The number of unbranched alkanes of at least 4 members (excludes halogenated alkanes) is 1. The van der Waals surface area contributed by atoms with Gasteiger partial charge in [-0.05, 0) is 37.6 Å². The van der Waals surface area contributed by atoms with E-state index >= 15 is 0 Å². The Bertz CT molecular complexity index is 639. The molecule has 0 bridgehead atoms. The third-order valence-corrected chi connectivity index (χ3v) is 3.66. The van der Waals surface area contributed by atoms with Crippen molar-refractivity contribution in [3.05, 3.63) is 48.2 Å². The molecule has 0 saturated heterocycles. The Hall–Kier alpha value is -2.56. The highest BCUT2D eigenvalue weighted by atomic mass is 16.5. The molecule has 0 atom stereocenters. The summed E-state index contributed by atoms with van der Waals surface area (Å²) in [4.78, 5) is 18.4. The lowest BCUT2D eigenvalue weighted by Gasteiger charge is -2.17. The zero-order valence-electron chi connectivity index (χ0n) is 14.6. The largest absolute Gasteiger partial charge is 0.484 e. The van der Waals surface area contributed by atoms with E-state index in [2.05, 4.69) is 22.1 Å². The number of amides is 1. The number of rotatable bonds is 8. The first-order valence-electron chi connectivity index (χ1n) is 8.25. The lowest BCUT2D eigenvalue weighted by molar-refractivity contribution is -0.118. The van der Waals surface area contributed by atoms with Gasteiger partial charge in [-0.2, -0.15) is 0 Å². The van der Waals surface area contributed by atoms with E-state index in [9.17, 15) is 4.79 Å². The molecule has 1 N–H and O–H groups in total. The number of nitrogens with one attached hydrogen (secondary N) is 1. The Morgan fingerprint density at radius 3 is 2.58 bits per heavy atom. The molecule has 1 aromatic carbocycles. The average molecular weight is 327 g/mol. The van der Waals surface area contributed by atoms with Crippen LogP contribution in [0.2, 0.25) is 0 Å². The summed E-state index contributed by atoms with van der Waals surface area (Å²) in [7, 11) is 2.02. The second kappa shape index (κ2) is 8.91. The van der Waals surface area contributed by atoms with Crippen LogP contribution >= 0.6 is 0 Å². The summed E-state index contributed by atoms with van der Waals surface area (Å²) in [6, 6.07) is 11.4. The molecule has 1 amide bonds. The third kappa shape index (κ3) is 5.57. The molecule has 0 unspecified atom stereocenters. The van der Waals surface area contributed by atoms with E-state index in [0.717, 1.165) is 30.8 Å². The normalized spacial score (nSPS) is 10.3. The van der Waals surface area contributed by atoms with Crippen LogP contribution in [-0.4, -0.2) is 31.1 Å². The van der Waals surface area contributed by atoms with E-state index in [1.165, 1.54) is 0 Å². The van der Waals surface area contributed by atoms with Crippen LogP contribution in [0.5, 0.6) is 5.75 Å². The fraction of sp³-hybridized carbons (Fsp3) is 0.368. The van der Waals surface area contributed by atoms with Crippen molar-refractivity contribution < 1.29 is 9.53 Å². The van der Waals surface area contributed by atoms with Crippen LogP contribution in [0.1, 0.15) is 25.3 Å². The molecule has 0 aliphatic rings. The Morgan fingerprint density at radius 1 is 1.21 bits per heavy atom. The van der Waals surface area contributed by atoms with Crippen molar-refractivity contribution in [3.63, 3.8) is 0 Å². The molecule has 128 valence electrons. The predicted molar refractivity (Wildman–Crippen MR) is 97.7 cm³/mol. The van der Waals surface area contributed by atoms with Crippen molar-refractivity contribution in [1.29, 1.82) is 0 Å². The first-order chi connectivity index (χ1) is 11.6. The molecular weight excluding hydrogens is 302 g/mol. The first-order valence-corrected chi connectivity index (χ1v) is 8.25. The van der Waals surface area contributed by atoms with Gasteiger partial charge in [0, 0.05) is 13.6 Å². The van der Waals surface area contributed by atoms with Gasteiger partial charge in [-0.25, -0.2) is 4.98 Å². The molecule has 0 fully saturated rings. The zero-order valence-corrected chi connectivity index (χ0v) is 14.6. The predicted octanol–water partition coefficient (Wildman–Crippen LogP) is 3.64. The molecule has 1 heterocycles. The lowest BCUT2D eigenvalue weighted by atomic mass is 10.2. The minimum absolute atomic E-state index is 0.0266. The van der Waals surface area contributed by atoms with Crippen LogP contribution in [0.15, 0.2) is 42.6 Å². The summed E-state index contributed by atoms with van der Waals surface area (Å²) in [5, 5.41) is 2.79. The van der Waals surface area contributed by atoms with Gasteiger partial charge in [-0.3, -0.25) is 4.79 Å². The van der Waals surface area contributed by atoms with E-state index in [0.29, 0.717) is 11.4 Å². The van der Waals surface area contributed by atoms with Crippen LogP contribution in [0.3, 0.4) is 0 Å². The summed E-state index contributed by atoms with van der Waals surface area (Å²) in [5.41, 5.74) is 1.82. The summed E-state index contributed by atoms with van der Waals surface area (Å²) in [6.07, 6.45) is 3.95. The number of nitrogens with zero attached hydrogens (tertiary/aromatic N) is 2. The third-order valence-electron chi connectivity index (χ3n) is 3.66. The molecule has 5 nitrogen and oxygen atoms in total. The molecule has 0 aliphatic carbocycles. The SMILES string of the molecule is CCCCN(C)c1ccc(NC(=O)COc2ccc(C)cc2)cn1. The van der Waals surface area contributed by atoms with Gasteiger partial charge in [0.05, 0.1) is 11.9 Å². The second-order valence-electron chi connectivity index (χ2n) is 5.83. The highest BCUT2D eigenvalue weighted by Crippen LogP contribution is 2.14. The number of aryl methyl sites for hydroxylation is 1. The van der Waals surface area contributed by atoms with Gasteiger partial charge in [-0.15, -0.1) is 0 Å². The molecule has 2 rings (SSSR count). The highest BCUT2D eigenvalue weighted by molar-refractivity contribution is 5.91. The van der Waals surface area contributed by atoms with E-state index < -0.39 is 0 Å². The Labute approximate surface area is 143 Å². The van der Waals surface area contributed by atoms with Crippen molar-refractivity contribution in [2.24, 2.45) is 0 Å². The maximum Gasteiger partial charge on any atom is 0.262 e. The van der Waals surface area contributed by atoms with E-state index in [-0.39, 0.29) is 12.5 Å². The van der Waals surface area contributed by atoms with Crippen LogP contribution in [-0.2, 0) is 4.79 Å². The molecule has 0 saturated carbocycles. The number of hydrogen-bond acceptors (Lipinski definition) is 4. The lowest BCUT2D eigenvalue weighted by Crippen LogP contribution is -2.21. The summed E-state index contributed by atoms with van der Waals surface area (Å²) < 4.78 is 5.46. The quantitative estimate of drug-likeness (QED) is 0.804. The fourth-order valence-corrected chi connectivity index (χ4v) is 2.18. The van der Waals surface area contributed by atoms with E-state index in [4.69, 9.17) is 4.74 Å². The standard InChI is InChI=1S/C19H25N3O2/c1-4-5-12-22(3)18-11-8-16(13-20-18)21-19(23)14-24-17-9-6-15(2)7-10-17/h6-11,13H,4-5,12,14H2,1-3H3,(H,21,23). The summed E-state index contributed by atoms with van der Waals surface area (Å²) in [5.74, 6) is 1.38. The highest BCUT2D eigenvalue weighted by Gasteiger charge is 2.06. The van der Waals surface area contributed by atoms with E-state index in [1.807, 2.05) is 50.4 Å². The van der Waals surface area contributed by atoms with Crippen LogP contribution in [0.25, 0.3) is 0 Å².